The van der Waals surface area contributed by atoms with Crippen LogP contribution in [0.1, 0.15) is 28.4 Å². The molecule has 98 valence electrons. The molecule has 0 aliphatic rings. The fraction of sp³-hybridized carbons (Fsp3) is 0.188. The Hall–Kier alpha value is -2.13. The highest BCUT2D eigenvalue weighted by Crippen LogP contribution is 2.22. The van der Waals surface area contributed by atoms with Gasteiger partial charge in [0.05, 0.1) is 13.2 Å². The number of Topliss-reactive ketones (excluding diaryl/α,β-unsaturated/α-hetero) is 1. The molecule has 0 radical (unpaired) electrons. The quantitative estimate of drug-likeness (QED) is 0.836. The van der Waals surface area contributed by atoms with Gasteiger partial charge in [0.25, 0.3) is 0 Å². The van der Waals surface area contributed by atoms with Crippen LogP contribution in [0.25, 0.3) is 0 Å². The van der Waals surface area contributed by atoms with Crippen molar-refractivity contribution in [1.82, 2.24) is 0 Å². The monoisotopic (exact) mass is 256 g/mol. The number of carbonyl (C=O) groups excluding carboxylic acids is 1. The molecule has 3 heteroatoms. The van der Waals surface area contributed by atoms with Gasteiger partial charge in [0.15, 0.2) is 5.78 Å². The van der Waals surface area contributed by atoms with E-state index in [1.54, 1.807) is 43.5 Å². The first-order valence-corrected chi connectivity index (χ1v) is 6.11. The lowest BCUT2D eigenvalue weighted by Gasteiger charge is -2.11. The van der Waals surface area contributed by atoms with Gasteiger partial charge >= 0.3 is 0 Å². The maximum atomic E-state index is 12.0. The number of methoxy groups -OCH3 is 1. The Bertz CT molecular complexity index is 549. The highest BCUT2D eigenvalue weighted by Gasteiger charge is 2.14. The molecule has 0 saturated carbocycles. The molecular weight excluding hydrogens is 240 g/mol. The molecule has 1 atom stereocenters. The van der Waals surface area contributed by atoms with E-state index >= 15 is 0 Å². The molecule has 19 heavy (non-hydrogen) atoms. The van der Waals surface area contributed by atoms with E-state index in [0.717, 1.165) is 0 Å². The molecule has 0 bridgehead atoms. The second-order valence-electron chi connectivity index (χ2n) is 4.29. The second kappa shape index (κ2) is 6.16. The van der Waals surface area contributed by atoms with Crippen LogP contribution in [0.4, 0.5) is 0 Å². The third-order valence-electron chi connectivity index (χ3n) is 2.95. The third-order valence-corrected chi connectivity index (χ3v) is 2.95. The van der Waals surface area contributed by atoms with Gasteiger partial charge in [-0.3, -0.25) is 4.79 Å². The Morgan fingerprint density at radius 2 is 1.89 bits per heavy atom. The van der Waals surface area contributed by atoms with Crippen LogP contribution in [-0.2, 0) is 0 Å². The van der Waals surface area contributed by atoms with Crippen molar-refractivity contribution in [2.75, 3.05) is 7.11 Å². The predicted molar refractivity (Wildman–Crippen MR) is 73.3 cm³/mol. The van der Waals surface area contributed by atoms with E-state index in [1.807, 2.05) is 18.2 Å². The minimum absolute atomic E-state index is 0.0666. The summed E-state index contributed by atoms with van der Waals surface area (Å²) in [5.74, 6) is 0.597. The van der Waals surface area contributed by atoms with Crippen LogP contribution in [0.15, 0.2) is 54.6 Å². The summed E-state index contributed by atoms with van der Waals surface area (Å²) in [6.07, 6.45) is -0.750. The van der Waals surface area contributed by atoms with Crippen LogP contribution in [-0.4, -0.2) is 18.0 Å². The zero-order valence-electron chi connectivity index (χ0n) is 10.7. The van der Waals surface area contributed by atoms with E-state index in [4.69, 9.17) is 4.74 Å². The normalized spacial score (nSPS) is 11.9. The number of aliphatic hydroxyl groups excluding tert-OH is 1. The Morgan fingerprint density at radius 3 is 2.58 bits per heavy atom. The second-order valence-corrected chi connectivity index (χ2v) is 4.29. The van der Waals surface area contributed by atoms with Crippen molar-refractivity contribution >= 4 is 5.78 Å². The van der Waals surface area contributed by atoms with Gasteiger partial charge in [-0.1, -0.05) is 42.5 Å². The first-order chi connectivity index (χ1) is 9.20. The van der Waals surface area contributed by atoms with Gasteiger partial charge in [0, 0.05) is 12.0 Å². The summed E-state index contributed by atoms with van der Waals surface area (Å²) in [6, 6.07) is 16.1. The molecule has 1 unspecified atom stereocenters. The average molecular weight is 256 g/mol. The maximum Gasteiger partial charge on any atom is 0.165 e. The molecule has 0 saturated heterocycles. The zero-order chi connectivity index (χ0) is 13.7. The van der Waals surface area contributed by atoms with E-state index in [0.29, 0.717) is 16.9 Å². The van der Waals surface area contributed by atoms with Crippen LogP contribution in [0.3, 0.4) is 0 Å². The van der Waals surface area contributed by atoms with E-state index < -0.39 is 6.10 Å². The number of hydrogen-bond donors (Lipinski definition) is 1. The van der Waals surface area contributed by atoms with E-state index in [2.05, 4.69) is 0 Å². The van der Waals surface area contributed by atoms with Crippen molar-refractivity contribution in [3.8, 4) is 5.75 Å². The molecule has 0 fully saturated rings. The molecule has 0 heterocycles. The molecular formula is C16H16O3. The minimum atomic E-state index is -0.817. The number of carbonyl (C=O) groups is 1. The summed E-state index contributed by atoms with van der Waals surface area (Å²) in [4.78, 5) is 12.0. The van der Waals surface area contributed by atoms with E-state index in [-0.39, 0.29) is 12.2 Å². The predicted octanol–water partition coefficient (Wildman–Crippen LogP) is 3.00. The van der Waals surface area contributed by atoms with Crippen molar-refractivity contribution < 1.29 is 14.6 Å². The number of ketones is 1. The fourth-order valence-electron chi connectivity index (χ4n) is 1.88. The molecule has 0 spiro atoms. The molecule has 2 aromatic rings. The summed E-state index contributed by atoms with van der Waals surface area (Å²) < 4.78 is 5.10. The van der Waals surface area contributed by atoms with Crippen molar-refractivity contribution in [1.29, 1.82) is 0 Å². The maximum absolute atomic E-state index is 12.0. The van der Waals surface area contributed by atoms with Crippen LogP contribution in [0.5, 0.6) is 5.75 Å². The highest BCUT2D eigenvalue weighted by atomic mass is 16.5. The molecule has 2 aromatic carbocycles. The number of benzene rings is 2. The van der Waals surface area contributed by atoms with Crippen LogP contribution >= 0.6 is 0 Å². The average Bonchev–Trinajstić information content (AvgIpc) is 2.48. The lowest BCUT2D eigenvalue weighted by atomic mass is 10.00. The largest absolute Gasteiger partial charge is 0.497 e. The standard InChI is InChI=1S/C16H16O3/c1-19-14-9-5-8-13(10-14)16(18)11-15(17)12-6-3-2-4-7-12/h2-10,16,18H,11H2,1H3. The summed E-state index contributed by atoms with van der Waals surface area (Å²) in [6.45, 7) is 0. The van der Waals surface area contributed by atoms with Crippen LogP contribution in [0, 0.1) is 0 Å². The van der Waals surface area contributed by atoms with Crippen molar-refractivity contribution in [3.63, 3.8) is 0 Å². The Kier molecular flexibility index (Phi) is 4.31. The number of rotatable bonds is 5. The lowest BCUT2D eigenvalue weighted by molar-refractivity contribution is 0.0880. The van der Waals surface area contributed by atoms with Crippen LogP contribution in [0.2, 0.25) is 0 Å². The van der Waals surface area contributed by atoms with Gasteiger partial charge < -0.3 is 9.84 Å². The first kappa shape index (κ1) is 13.3. The number of aliphatic hydroxyl groups is 1. The van der Waals surface area contributed by atoms with Gasteiger partial charge in [0.1, 0.15) is 5.75 Å². The number of ether oxygens (including phenoxy) is 1. The third kappa shape index (κ3) is 3.42. The molecule has 0 amide bonds. The van der Waals surface area contributed by atoms with Gasteiger partial charge in [-0.2, -0.15) is 0 Å². The van der Waals surface area contributed by atoms with Crippen molar-refractivity contribution in [2.45, 2.75) is 12.5 Å². The van der Waals surface area contributed by atoms with E-state index in [9.17, 15) is 9.90 Å². The summed E-state index contributed by atoms with van der Waals surface area (Å²) in [7, 11) is 1.57. The van der Waals surface area contributed by atoms with Crippen molar-refractivity contribution in [2.24, 2.45) is 0 Å². The first-order valence-electron chi connectivity index (χ1n) is 6.11. The van der Waals surface area contributed by atoms with Gasteiger partial charge in [-0.05, 0) is 17.7 Å². The Balaban J connectivity index is 2.08. The smallest absolute Gasteiger partial charge is 0.165 e. The summed E-state index contributed by atoms with van der Waals surface area (Å²) >= 11 is 0. The summed E-state index contributed by atoms with van der Waals surface area (Å²) in [5, 5.41) is 10.1. The van der Waals surface area contributed by atoms with Crippen LogP contribution < -0.4 is 4.74 Å². The SMILES string of the molecule is COc1cccc(C(O)CC(=O)c2ccccc2)c1. The summed E-state index contributed by atoms with van der Waals surface area (Å²) in [5.41, 5.74) is 1.30. The molecule has 0 aromatic heterocycles. The highest BCUT2D eigenvalue weighted by molar-refractivity contribution is 5.96. The van der Waals surface area contributed by atoms with Gasteiger partial charge in [0.2, 0.25) is 0 Å². The van der Waals surface area contributed by atoms with E-state index in [1.165, 1.54) is 0 Å². The van der Waals surface area contributed by atoms with Crippen molar-refractivity contribution in [3.05, 3.63) is 65.7 Å². The zero-order valence-corrected chi connectivity index (χ0v) is 10.7. The number of hydrogen-bond acceptors (Lipinski definition) is 3. The molecule has 0 aliphatic heterocycles. The topological polar surface area (TPSA) is 46.5 Å². The Labute approximate surface area is 112 Å². The molecule has 0 aliphatic carbocycles. The molecule has 2 rings (SSSR count). The molecule has 1 N–H and O–H groups in total. The van der Waals surface area contributed by atoms with Gasteiger partial charge in [-0.15, -0.1) is 0 Å². The lowest BCUT2D eigenvalue weighted by Crippen LogP contribution is -2.07. The fourth-order valence-corrected chi connectivity index (χ4v) is 1.88. The Morgan fingerprint density at radius 1 is 1.16 bits per heavy atom. The minimum Gasteiger partial charge on any atom is -0.497 e. The molecule has 3 nitrogen and oxygen atoms in total. The van der Waals surface area contributed by atoms with Gasteiger partial charge in [-0.25, -0.2) is 0 Å².